The number of carbonyl (C=O) groups excluding carboxylic acids is 1. The predicted molar refractivity (Wildman–Crippen MR) is 68.0 cm³/mol. The number of thiophene rings is 1. The SMILES string of the molecule is Cc1c(NC(=O)CCN)sc2c1CCCC2. The van der Waals surface area contributed by atoms with Crippen molar-refractivity contribution < 1.29 is 4.79 Å². The highest BCUT2D eigenvalue weighted by Crippen LogP contribution is 2.37. The second kappa shape index (κ2) is 4.97. The Bertz CT molecular complexity index is 398. The molecular weight excluding hydrogens is 220 g/mol. The van der Waals surface area contributed by atoms with Crippen molar-refractivity contribution in [2.24, 2.45) is 5.73 Å². The summed E-state index contributed by atoms with van der Waals surface area (Å²) in [5.41, 5.74) is 8.10. The van der Waals surface area contributed by atoms with Crippen molar-refractivity contribution in [2.75, 3.05) is 11.9 Å². The highest BCUT2D eigenvalue weighted by molar-refractivity contribution is 7.16. The Kier molecular flexibility index (Phi) is 3.61. The van der Waals surface area contributed by atoms with E-state index < -0.39 is 0 Å². The fraction of sp³-hybridized carbons (Fsp3) is 0.583. The molecule has 0 saturated heterocycles. The van der Waals surface area contributed by atoms with Crippen molar-refractivity contribution in [3.05, 3.63) is 16.0 Å². The van der Waals surface area contributed by atoms with Crippen LogP contribution in [0.4, 0.5) is 5.00 Å². The van der Waals surface area contributed by atoms with Gasteiger partial charge in [0, 0.05) is 17.8 Å². The first-order valence-corrected chi connectivity index (χ1v) is 6.65. The molecule has 3 N–H and O–H groups in total. The number of nitrogens with two attached hydrogens (primary N) is 1. The summed E-state index contributed by atoms with van der Waals surface area (Å²) in [7, 11) is 0. The smallest absolute Gasteiger partial charge is 0.226 e. The third kappa shape index (κ3) is 2.28. The summed E-state index contributed by atoms with van der Waals surface area (Å²) in [5.74, 6) is 0.0317. The van der Waals surface area contributed by atoms with Gasteiger partial charge < -0.3 is 11.1 Å². The van der Waals surface area contributed by atoms with Gasteiger partial charge in [0.05, 0.1) is 5.00 Å². The molecule has 1 aliphatic carbocycles. The summed E-state index contributed by atoms with van der Waals surface area (Å²) >= 11 is 1.74. The van der Waals surface area contributed by atoms with Crippen LogP contribution in [0, 0.1) is 6.92 Å². The third-order valence-electron chi connectivity index (χ3n) is 3.06. The standard InChI is InChI=1S/C12H18N2OS/c1-8-9-4-2-3-5-10(9)16-12(8)14-11(15)6-7-13/h2-7,13H2,1H3,(H,14,15). The van der Waals surface area contributed by atoms with E-state index in [9.17, 15) is 4.79 Å². The first kappa shape index (κ1) is 11.6. The van der Waals surface area contributed by atoms with E-state index >= 15 is 0 Å². The zero-order valence-electron chi connectivity index (χ0n) is 9.64. The molecule has 0 atom stereocenters. The second-order valence-electron chi connectivity index (χ2n) is 4.25. The summed E-state index contributed by atoms with van der Waals surface area (Å²) in [4.78, 5) is 13.0. The van der Waals surface area contributed by atoms with E-state index in [0.717, 1.165) is 5.00 Å². The maximum atomic E-state index is 11.5. The van der Waals surface area contributed by atoms with Gasteiger partial charge in [0.2, 0.25) is 5.91 Å². The van der Waals surface area contributed by atoms with E-state index in [1.165, 1.54) is 41.7 Å². The van der Waals surface area contributed by atoms with Crippen molar-refractivity contribution in [2.45, 2.75) is 39.0 Å². The maximum Gasteiger partial charge on any atom is 0.226 e. The van der Waals surface area contributed by atoms with Gasteiger partial charge in [0.15, 0.2) is 0 Å². The Morgan fingerprint density at radius 1 is 1.44 bits per heavy atom. The average Bonchev–Trinajstić information content (AvgIpc) is 2.57. The number of hydrogen-bond acceptors (Lipinski definition) is 3. The predicted octanol–water partition coefficient (Wildman–Crippen LogP) is 2.22. The quantitative estimate of drug-likeness (QED) is 0.848. The number of fused-ring (bicyclic) bond motifs is 1. The van der Waals surface area contributed by atoms with Crippen LogP contribution in [0.25, 0.3) is 0 Å². The molecule has 0 spiro atoms. The van der Waals surface area contributed by atoms with Crippen LogP contribution in [0.2, 0.25) is 0 Å². The fourth-order valence-corrected chi connectivity index (χ4v) is 3.48. The summed E-state index contributed by atoms with van der Waals surface area (Å²) in [6, 6.07) is 0. The summed E-state index contributed by atoms with van der Waals surface area (Å²) in [5, 5.41) is 4.00. The van der Waals surface area contributed by atoms with Gasteiger partial charge in [-0.1, -0.05) is 0 Å². The lowest BCUT2D eigenvalue weighted by atomic mass is 9.96. The Balaban J connectivity index is 2.15. The number of hydrogen-bond donors (Lipinski definition) is 2. The van der Waals surface area contributed by atoms with Gasteiger partial charge in [0.1, 0.15) is 0 Å². The van der Waals surface area contributed by atoms with E-state index in [-0.39, 0.29) is 5.91 Å². The molecule has 0 aliphatic heterocycles. The van der Waals surface area contributed by atoms with Crippen LogP contribution >= 0.6 is 11.3 Å². The Labute approximate surface area is 100 Å². The summed E-state index contributed by atoms with van der Waals surface area (Å²) in [6.45, 7) is 2.52. The molecule has 16 heavy (non-hydrogen) atoms. The zero-order chi connectivity index (χ0) is 11.5. The van der Waals surface area contributed by atoms with Crippen molar-refractivity contribution in [3.8, 4) is 0 Å². The normalized spacial score (nSPS) is 14.6. The van der Waals surface area contributed by atoms with Crippen LogP contribution in [0.15, 0.2) is 0 Å². The molecule has 1 aromatic rings. The zero-order valence-corrected chi connectivity index (χ0v) is 10.5. The minimum absolute atomic E-state index is 0.0317. The molecule has 0 saturated carbocycles. The monoisotopic (exact) mass is 238 g/mol. The van der Waals surface area contributed by atoms with Crippen LogP contribution in [-0.2, 0) is 17.6 Å². The molecule has 2 rings (SSSR count). The number of carbonyl (C=O) groups is 1. The van der Waals surface area contributed by atoms with E-state index in [4.69, 9.17) is 5.73 Å². The van der Waals surface area contributed by atoms with E-state index in [1.54, 1.807) is 11.3 Å². The first-order chi connectivity index (χ1) is 7.72. The number of anilines is 1. The van der Waals surface area contributed by atoms with Gasteiger partial charge in [-0.05, 0) is 43.7 Å². The van der Waals surface area contributed by atoms with Crippen molar-refractivity contribution in [3.63, 3.8) is 0 Å². The number of aryl methyl sites for hydroxylation is 1. The second-order valence-corrected chi connectivity index (χ2v) is 5.36. The van der Waals surface area contributed by atoms with E-state index in [2.05, 4.69) is 12.2 Å². The van der Waals surface area contributed by atoms with Gasteiger partial charge in [-0.2, -0.15) is 0 Å². The molecule has 0 bridgehead atoms. The van der Waals surface area contributed by atoms with Gasteiger partial charge >= 0.3 is 0 Å². The topological polar surface area (TPSA) is 55.1 Å². The lowest BCUT2D eigenvalue weighted by Gasteiger charge is -2.10. The van der Waals surface area contributed by atoms with Crippen molar-refractivity contribution in [1.29, 1.82) is 0 Å². The molecule has 1 amide bonds. The van der Waals surface area contributed by atoms with Crippen LogP contribution in [0.3, 0.4) is 0 Å². The summed E-state index contributed by atoms with van der Waals surface area (Å²) in [6.07, 6.45) is 5.31. The maximum absolute atomic E-state index is 11.5. The number of nitrogens with one attached hydrogen (secondary N) is 1. The Hall–Kier alpha value is -0.870. The van der Waals surface area contributed by atoms with Gasteiger partial charge in [-0.15, -0.1) is 11.3 Å². The highest BCUT2D eigenvalue weighted by atomic mass is 32.1. The van der Waals surface area contributed by atoms with Crippen LogP contribution < -0.4 is 11.1 Å². The molecule has 0 unspecified atom stereocenters. The van der Waals surface area contributed by atoms with Crippen LogP contribution in [0.1, 0.15) is 35.3 Å². The third-order valence-corrected chi connectivity index (χ3v) is 4.37. The minimum atomic E-state index is 0.0317. The number of rotatable bonds is 3. The summed E-state index contributed by atoms with van der Waals surface area (Å²) < 4.78 is 0. The van der Waals surface area contributed by atoms with E-state index in [1.807, 2.05) is 0 Å². The molecule has 1 aromatic heterocycles. The molecule has 4 heteroatoms. The van der Waals surface area contributed by atoms with Gasteiger partial charge in [-0.25, -0.2) is 0 Å². The van der Waals surface area contributed by atoms with Crippen molar-refractivity contribution >= 4 is 22.2 Å². The molecule has 1 aliphatic rings. The lowest BCUT2D eigenvalue weighted by Crippen LogP contribution is -2.15. The molecule has 3 nitrogen and oxygen atoms in total. The average molecular weight is 238 g/mol. The van der Waals surface area contributed by atoms with Crippen LogP contribution in [0.5, 0.6) is 0 Å². The molecular formula is C12H18N2OS. The van der Waals surface area contributed by atoms with Gasteiger partial charge in [-0.3, -0.25) is 4.79 Å². The van der Waals surface area contributed by atoms with E-state index in [0.29, 0.717) is 13.0 Å². The molecule has 0 fully saturated rings. The first-order valence-electron chi connectivity index (χ1n) is 5.83. The van der Waals surface area contributed by atoms with Crippen molar-refractivity contribution in [1.82, 2.24) is 0 Å². The molecule has 0 aromatic carbocycles. The molecule has 1 heterocycles. The largest absolute Gasteiger partial charge is 0.330 e. The Morgan fingerprint density at radius 2 is 2.19 bits per heavy atom. The number of amides is 1. The van der Waals surface area contributed by atoms with Crippen LogP contribution in [-0.4, -0.2) is 12.5 Å². The fourth-order valence-electron chi connectivity index (χ4n) is 2.16. The van der Waals surface area contributed by atoms with Gasteiger partial charge in [0.25, 0.3) is 0 Å². The highest BCUT2D eigenvalue weighted by Gasteiger charge is 2.18. The molecule has 88 valence electrons. The molecule has 0 radical (unpaired) electrons. The lowest BCUT2D eigenvalue weighted by molar-refractivity contribution is -0.116. The minimum Gasteiger partial charge on any atom is -0.330 e. The Morgan fingerprint density at radius 3 is 2.88 bits per heavy atom.